The molecule has 1 aliphatic rings. The topological polar surface area (TPSA) is 169 Å². The second kappa shape index (κ2) is 13.6. The van der Waals surface area contributed by atoms with Crippen LogP contribution in [0.2, 0.25) is 0 Å². The number of amides is 1. The summed E-state index contributed by atoms with van der Waals surface area (Å²) in [5.74, 6) is -1.67. The van der Waals surface area contributed by atoms with Gasteiger partial charge in [0.25, 0.3) is 5.56 Å². The Kier molecular flexibility index (Phi) is 9.92. The van der Waals surface area contributed by atoms with Crippen molar-refractivity contribution in [3.63, 3.8) is 0 Å². The minimum atomic E-state index is -1.22. The summed E-state index contributed by atoms with van der Waals surface area (Å²) in [6.07, 6.45) is 2.48. The van der Waals surface area contributed by atoms with Crippen LogP contribution >= 0.6 is 11.8 Å². The lowest BCUT2D eigenvalue weighted by Gasteiger charge is -2.24. The van der Waals surface area contributed by atoms with Crippen LogP contribution in [0.1, 0.15) is 67.7 Å². The molecule has 1 fully saturated rings. The Morgan fingerprint density at radius 1 is 1.17 bits per heavy atom. The number of nitrogens with zero attached hydrogens (tertiary/aromatic N) is 4. The number of hydrogen-bond acceptors (Lipinski definition) is 10. The number of carboxylic acid groups (broad SMARTS) is 1. The van der Waals surface area contributed by atoms with E-state index < -0.39 is 35.9 Å². The summed E-state index contributed by atoms with van der Waals surface area (Å²) in [5.41, 5.74) is 2.22. The molecule has 41 heavy (non-hydrogen) atoms. The molecular weight excluding hydrogens is 548 g/mol. The number of Topliss-reactive ketones (excluding diaryl/α,β-unsaturated/α-hetero) is 1. The highest BCUT2D eigenvalue weighted by Crippen LogP contribution is 2.40. The van der Waals surface area contributed by atoms with Gasteiger partial charge in [0, 0.05) is 11.9 Å². The second-order valence-corrected chi connectivity index (χ2v) is 11.4. The fourth-order valence-corrected chi connectivity index (χ4v) is 5.24. The molecule has 3 aromatic rings. The van der Waals surface area contributed by atoms with Crippen LogP contribution < -0.4 is 16.2 Å². The van der Waals surface area contributed by atoms with E-state index in [1.807, 2.05) is 44.2 Å². The second-order valence-electron chi connectivity index (χ2n) is 10.4. The number of nitrogens with one attached hydrogen (secondary N) is 2. The van der Waals surface area contributed by atoms with Crippen LogP contribution in [0, 0.1) is 12.8 Å². The number of thioether (sulfide) groups is 1. The quantitative estimate of drug-likeness (QED) is 0.241. The summed E-state index contributed by atoms with van der Waals surface area (Å²) < 4.78 is 6.08. The number of hydrogen-bond donors (Lipinski definition) is 3. The monoisotopic (exact) mass is 582 g/mol. The van der Waals surface area contributed by atoms with Gasteiger partial charge in [0.1, 0.15) is 17.4 Å². The first kappa shape index (κ1) is 30.0. The maximum atomic E-state index is 13.7. The molecule has 0 saturated heterocycles. The highest BCUT2D eigenvalue weighted by atomic mass is 32.2. The highest BCUT2D eigenvalue weighted by molar-refractivity contribution is 7.99. The number of carbonyl (C=O) groups excluding carboxylic acids is 2. The summed E-state index contributed by atoms with van der Waals surface area (Å²) in [7, 11) is 0. The number of benzene rings is 1. The third-order valence-corrected chi connectivity index (χ3v) is 7.81. The van der Waals surface area contributed by atoms with Crippen LogP contribution in [0.25, 0.3) is 0 Å². The van der Waals surface area contributed by atoms with E-state index in [1.54, 1.807) is 13.1 Å². The van der Waals surface area contributed by atoms with Gasteiger partial charge in [-0.05, 0) is 37.2 Å². The number of aliphatic carboxylic acids is 1. The van der Waals surface area contributed by atoms with E-state index in [4.69, 9.17) is 4.63 Å². The summed E-state index contributed by atoms with van der Waals surface area (Å²) in [6, 6.07) is 7.47. The third-order valence-electron chi connectivity index (χ3n) is 6.79. The van der Waals surface area contributed by atoms with Gasteiger partial charge in [-0.1, -0.05) is 54.5 Å². The molecule has 2 atom stereocenters. The molecule has 3 N–H and O–H groups in total. The molecule has 2 aromatic heterocycles. The van der Waals surface area contributed by atoms with Gasteiger partial charge in [0.2, 0.25) is 5.91 Å². The van der Waals surface area contributed by atoms with Gasteiger partial charge in [0.15, 0.2) is 11.6 Å². The van der Waals surface area contributed by atoms with Crippen LogP contribution in [0.15, 0.2) is 46.0 Å². The Bertz CT molecular complexity index is 1440. The third kappa shape index (κ3) is 8.03. The van der Waals surface area contributed by atoms with Crippen molar-refractivity contribution < 1.29 is 24.1 Å². The number of aromatic nitrogens is 4. The molecule has 0 radical (unpaired) electrons. The molecule has 2 heterocycles. The first-order chi connectivity index (χ1) is 19.6. The SMILES string of the molecule is Cc1nonc1CNc1nc(C(C)C)cn(C(C(=O)NC(CC(=O)O)C(=O)CSCc2ccccc2)C2CC2)c1=O. The average Bonchev–Trinajstić information content (AvgIpc) is 3.68. The van der Waals surface area contributed by atoms with Crippen LogP contribution in [0.3, 0.4) is 0 Å². The van der Waals surface area contributed by atoms with E-state index in [1.165, 1.54) is 16.3 Å². The number of anilines is 1. The van der Waals surface area contributed by atoms with Crippen molar-refractivity contribution in [2.24, 2.45) is 5.92 Å². The molecule has 1 amide bonds. The molecule has 0 aliphatic heterocycles. The van der Waals surface area contributed by atoms with E-state index in [0.29, 0.717) is 22.8 Å². The summed E-state index contributed by atoms with van der Waals surface area (Å²) in [4.78, 5) is 56.3. The van der Waals surface area contributed by atoms with Crippen LogP contribution in [0.4, 0.5) is 5.82 Å². The molecule has 1 aromatic carbocycles. The van der Waals surface area contributed by atoms with Gasteiger partial charge in [-0.25, -0.2) is 9.61 Å². The average molecular weight is 583 g/mol. The van der Waals surface area contributed by atoms with Crippen molar-refractivity contribution in [3.05, 3.63) is 69.5 Å². The molecule has 12 nitrogen and oxygen atoms in total. The maximum absolute atomic E-state index is 13.7. The van der Waals surface area contributed by atoms with Gasteiger partial charge in [-0.3, -0.25) is 23.7 Å². The van der Waals surface area contributed by atoms with Crippen molar-refractivity contribution in [1.82, 2.24) is 25.2 Å². The lowest BCUT2D eigenvalue weighted by Crippen LogP contribution is -2.48. The van der Waals surface area contributed by atoms with E-state index in [2.05, 4.69) is 25.9 Å². The molecule has 4 rings (SSSR count). The van der Waals surface area contributed by atoms with Crippen molar-refractivity contribution >= 4 is 35.2 Å². The molecular formula is C28H34N6O6S. The van der Waals surface area contributed by atoms with Gasteiger partial charge < -0.3 is 15.7 Å². The molecule has 218 valence electrons. The highest BCUT2D eigenvalue weighted by Gasteiger charge is 2.40. The van der Waals surface area contributed by atoms with Crippen molar-refractivity contribution in [3.8, 4) is 0 Å². The van der Waals surface area contributed by atoms with Crippen molar-refractivity contribution in [2.45, 2.75) is 70.3 Å². The fraction of sp³-hybridized carbons (Fsp3) is 0.464. The van der Waals surface area contributed by atoms with E-state index >= 15 is 0 Å². The summed E-state index contributed by atoms with van der Waals surface area (Å²) in [6.45, 7) is 5.72. The predicted octanol–water partition coefficient (Wildman–Crippen LogP) is 3.08. The van der Waals surface area contributed by atoms with Crippen LogP contribution in [-0.4, -0.2) is 54.4 Å². The van der Waals surface area contributed by atoms with E-state index in [0.717, 1.165) is 18.4 Å². The number of rotatable bonds is 15. The zero-order valence-corrected chi connectivity index (χ0v) is 24.0. The largest absolute Gasteiger partial charge is 0.481 e. The summed E-state index contributed by atoms with van der Waals surface area (Å²) >= 11 is 1.35. The Balaban J connectivity index is 1.54. The zero-order chi connectivity index (χ0) is 29.5. The van der Waals surface area contributed by atoms with E-state index in [9.17, 15) is 24.3 Å². The minimum Gasteiger partial charge on any atom is -0.481 e. The van der Waals surface area contributed by atoms with Gasteiger partial charge in [0.05, 0.1) is 30.5 Å². The van der Waals surface area contributed by atoms with Crippen molar-refractivity contribution in [2.75, 3.05) is 11.1 Å². The standard InChI is InChI=1S/C28H34N6O6S/c1-16(2)22-13-34(28(39)26(30-22)29-12-21-17(3)32-40-33-21)25(19-9-10-19)27(38)31-20(11-24(36)37)23(35)15-41-14-18-7-5-4-6-8-18/h4-8,13,16,19-20,25H,9-12,14-15H2,1-3H3,(H,29,30)(H,31,38)(H,36,37). The Morgan fingerprint density at radius 3 is 2.51 bits per heavy atom. The maximum Gasteiger partial charge on any atom is 0.305 e. The van der Waals surface area contributed by atoms with Crippen molar-refractivity contribution in [1.29, 1.82) is 0 Å². The number of carbonyl (C=O) groups is 3. The molecule has 13 heteroatoms. The molecule has 1 saturated carbocycles. The lowest BCUT2D eigenvalue weighted by molar-refractivity contribution is -0.140. The first-order valence-electron chi connectivity index (χ1n) is 13.5. The van der Waals surface area contributed by atoms with E-state index in [-0.39, 0.29) is 35.7 Å². The number of carboxylic acids is 1. The summed E-state index contributed by atoms with van der Waals surface area (Å²) in [5, 5.41) is 22.7. The fourth-order valence-electron chi connectivity index (χ4n) is 4.31. The Hall–Kier alpha value is -4.00. The Morgan fingerprint density at radius 2 is 1.90 bits per heavy atom. The number of ketones is 1. The van der Waals surface area contributed by atoms with Crippen LogP contribution in [0.5, 0.6) is 0 Å². The first-order valence-corrected chi connectivity index (χ1v) is 14.6. The Labute approximate surface area is 241 Å². The minimum absolute atomic E-state index is 0.0400. The smallest absolute Gasteiger partial charge is 0.305 e. The van der Waals surface area contributed by atoms with Gasteiger partial charge in [-0.15, -0.1) is 11.8 Å². The number of aryl methyl sites for hydroxylation is 1. The zero-order valence-electron chi connectivity index (χ0n) is 23.2. The van der Waals surface area contributed by atoms with Gasteiger partial charge >= 0.3 is 5.97 Å². The normalized spacial score (nSPS) is 14.4. The van der Waals surface area contributed by atoms with Crippen LogP contribution in [-0.2, 0) is 26.7 Å². The predicted molar refractivity (Wildman–Crippen MR) is 153 cm³/mol. The van der Waals surface area contributed by atoms with Gasteiger partial charge in [-0.2, -0.15) is 0 Å². The molecule has 1 aliphatic carbocycles. The molecule has 0 bridgehead atoms. The molecule has 2 unspecified atom stereocenters. The lowest BCUT2D eigenvalue weighted by atomic mass is 10.1. The molecule has 0 spiro atoms.